The van der Waals surface area contributed by atoms with E-state index < -0.39 is 18.6 Å². The zero-order valence-corrected chi connectivity index (χ0v) is 19.6. The van der Waals surface area contributed by atoms with Gasteiger partial charge in [0.2, 0.25) is 0 Å². The number of urea groups is 1. The van der Waals surface area contributed by atoms with Crippen molar-refractivity contribution >= 4 is 22.0 Å². The Bertz CT molecular complexity index is 935. The van der Waals surface area contributed by atoms with Gasteiger partial charge in [-0.2, -0.15) is 13.2 Å². The first kappa shape index (κ1) is 25.2. The molecule has 0 atom stereocenters. The van der Waals surface area contributed by atoms with Gasteiger partial charge in [0, 0.05) is 12.6 Å². The average Bonchev–Trinajstić information content (AvgIpc) is 2.76. The molecule has 1 aromatic carbocycles. The van der Waals surface area contributed by atoms with Crippen molar-refractivity contribution in [2.45, 2.75) is 38.1 Å². The number of halogens is 5. The molecule has 2 aromatic rings. The van der Waals surface area contributed by atoms with Crippen LogP contribution in [-0.4, -0.2) is 59.8 Å². The van der Waals surface area contributed by atoms with Crippen LogP contribution in [0, 0.1) is 5.82 Å². The van der Waals surface area contributed by atoms with E-state index in [0.717, 1.165) is 32.1 Å². The second-order valence-electron chi connectivity index (χ2n) is 7.96. The van der Waals surface area contributed by atoms with Crippen LogP contribution >= 0.6 is 15.9 Å². The van der Waals surface area contributed by atoms with Crippen molar-refractivity contribution in [3.63, 3.8) is 0 Å². The van der Waals surface area contributed by atoms with Gasteiger partial charge in [0.25, 0.3) is 0 Å². The van der Waals surface area contributed by atoms with Crippen LogP contribution in [0.2, 0.25) is 0 Å². The van der Waals surface area contributed by atoms with Gasteiger partial charge in [-0.25, -0.2) is 9.18 Å². The van der Waals surface area contributed by atoms with E-state index in [1.807, 2.05) is 7.05 Å². The van der Waals surface area contributed by atoms with Crippen LogP contribution in [0.5, 0.6) is 5.75 Å². The fourth-order valence-corrected chi connectivity index (χ4v) is 4.10. The van der Waals surface area contributed by atoms with E-state index in [-0.39, 0.29) is 30.9 Å². The summed E-state index contributed by atoms with van der Waals surface area (Å²) in [6, 6.07) is 7.22. The molecule has 11 heteroatoms. The Morgan fingerprint density at radius 2 is 2.00 bits per heavy atom. The molecule has 6 nitrogen and oxygen atoms in total. The lowest BCUT2D eigenvalue weighted by Crippen LogP contribution is -2.49. The van der Waals surface area contributed by atoms with Crippen LogP contribution in [0.4, 0.5) is 22.4 Å². The van der Waals surface area contributed by atoms with E-state index in [9.17, 15) is 22.4 Å². The summed E-state index contributed by atoms with van der Waals surface area (Å²) in [7, 11) is 2.03. The quantitative estimate of drug-likeness (QED) is 0.523. The highest BCUT2D eigenvalue weighted by Gasteiger charge is 2.29. The lowest BCUT2D eigenvalue weighted by Gasteiger charge is -2.37. The average molecular weight is 533 g/mol. The number of pyridine rings is 1. The van der Waals surface area contributed by atoms with Gasteiger partial charge in [0.1, 0.15) is 11.6 Å². The number of hydrogen-bond acceptors (Lipinski definition) is 4. The van der Waals surface area contributed by atoms with E-state index >= 15 is 0 Å². The summed E-state index contributed by atoms with van der Waals surface area (Å²) < 4.78 is 55.5. The number of carbonyl (C=O) groups is 1. The second kappa shape index (κ2) is 11.1. The molecule has 1 aliphatic rings. The molecule has 1 aliphatic heterocycles. The first-order chi connectivity index (χ1) is 15.6. The second-order valence-corrected chi connectivity index (χ2v) is 8.81. The fourth-order valence-electron chi connectivity index (χ4n) is 3.56. The fraction of sp³-hybridized carbons (Fsp3) is 0.455. The van der Waals surface area contributed by atoms with Crippen LogP contribution in [0.15, 0.2) is 41.0 Å². The van der Waals surface area contributed by atoms with Gasteiger partial charge in [0.05, 0.1) is 22.9 Å². The number of benzene rings is 1. The number of likely N-dealkylation sites (tertiary alicyclic amines) is 1. The van der Waals surface area contributed by atoms with E-state index in [0.29, 0.717) is 15.7 Å². The number of aromatic nitrogens is 1. The number of carbonyl (C=O) groups excluding carboxylic acids is 1. The van der Waals surface area contributed by atoms with Crippen LogP contribution in [0.25, 0.3) is 0 Å². The minimum absolute atomic E-state index is 0.0120. The Morgan fingerprint density at radius 1 is 1.27 bits per heavy atom. The molecule has 0 saturated carbocycles. The van der Waals surface area contributed by atoms with Crippen LogP contribution in [-0.2, 0) is 13.1 Å². The zero-order valence-electron chi connectivity index (χ0n) is 18.0. The van der Waals surface area contributed by atoms with E-state index in [2.05, 4.69) is 31.1 Å². The summed E-state index contributed by atoms with van der Waals surface area (Å²) in [6.07, 6.45) is -1.69. The maximum absolute atomic E-state index is 13.2. The number of nitrogens with one attached hydrogen (secondary N) is 1. The Hall–Kier alpha value is -2.40. The molecule has 0 unspecified atom stereocenters. The van der Waals surface area contributed by atoms with E-state index in [4.69, 9.17) is 4.74 Å². The molecule has 0 spiro atoms. The number of nitrogens with zero attached hydrogens (tertiary/aromatic N) is 3. The van der Waals surface area contributed by atoms with Gasteiger partial charge in [0.15, 0.2) is 6.61 Å². The topological polar surface area (TPSA) is 57.7 Å². The van der Waals surface area contributed by atoms with Crippen molar-refractivity contribution in [3.05, 3.63) is 58.1 Å². The van der Waals surface area contributed by atoms with Crippen molar-refractivity contribution in [2.24, 2.45) is 0 Å². The van der Waals surface area contributed by atoms with E-state index in [1.54, 1.807) is 23.1 Å². The lowest BCUT2D eigenvalue weighted by atomic mass is 10.0. The molecule has 1 aromatic heterocycles. The molecule has 2 amide bonds. The van der Waals surface area contributed by atoms with Crippen LogP contribution in [0.1, 0.15) is 24.1 Å². The largest absolute Gasteiger partial charge is 0.483 e. The lowest BCUT2D eigenvalue weighted by molar-refractivity contribution is -0.153. The highest BCUT2D eigenvalue weighted by atomic mass is 79.9. The van der Waals surface area contributed by atoms with Gasteiger partial charge < -0.3 is 19.9 Å². The van der Waals surface area contributed by atoms with Gasteiger partial charge in [-0.3, -0.25) is 4.98 Å². The summed E-state index contributed by atoms with van der Waals surface area (Å²) in [4.78, 5) is 21.1. The number of amides is 2. The molecular formula is C22H25BrF4N4O2. The number of rotatable bonds is 7. The monoisotopic (exact) mass is 532 g/mol. The normalized spacial score (nSPS) is 15.3. The molecule has 33 heavy (non-hydrogen) atoms. The first-order valence-electron chi connectivity index (χ1n) is 10.4. The van der Waals surface area contributed by atoms with Crippen molar-refractivity contribution in [1.82, 2.24) is 20.1 Å². The van der Waals surface area contributed by atoms with Gasteiger partial charge in [-0.15, -0.1) is 0 Å². The molecule has 2 heterocycles. The Kier molecular flexibility index (Phi) is 8.52. The molecule has 0 bridgehead atoms. The molecule has 1 N–H and O–H groups in total. The van der Waals surface area contributed by atoms with Crippen LogP contribution < -0.4 is 10.1 Å². The molecule has 1 saturated heterocycles. The smallest absolute Gasteiger partial charge is 0.422 e. The third-order valence-corrected chi connectivity index (χ3v) is 5.96. The number of ether oxygens (including phenoxy) is 1. The van der Waals surface area contributed by atoms with Crippen LogP contribution in [0.3, 0.4) is 0 Å². The zero-order chi connectivity index (χ0) is 24.0. The van der Waals surface area contributed by atoms with E-state index in [1.165, 1.54) is 12.1 Å². The maximum Gasteiger partial charge on any atom is 0.422 e. The highest BCUT2D eigenvalue weighted by Crippen LogP contribution is 2.28. The van der Waals surface area contributed by atoms with Gasteiger partial charge in [-0.1, -0.05) is 6.07 Å². The van der Waals surface area contributed by atoms with Crippen molar-refractivity contribution in [3.8, 4) is 5.75 Å². The summed E-state index contributed by atoms with van der Waals surface area (Å²) >= 11 is 3.21. The van der Waals surface area contributed by atoms with Crippen molar-refractivity contribution in [1.29, 1.82) is 0 Å². The summed E-state index contributed by atoms with van der Waals surface area (Å²) in [6.45, 7) is 0.755. The molecule has 180 valence electrons. The highest BCUT2D eigenvalue weighted by molar-refractivity contribution is 9.10. The Morgan fingerprint density at radius 3 is 2.61 bits per heavy atom. The van der Waals surface area contributed by atoms with Crippen molar-refractivity contribution in [2.75, 3.05) is 26.7 Å². The molecule has 3 rings (SSSR count). The SMILES string of the molecule is CN1CCC(N(Cc2ccc(F)cn2)C(=O)NCc2ccc(OCC(F)(F)F)c(Br)c2)CC1. The molecule has 1 fully saturated rings. The predicted molar refractivity (Wildman–Crippen MR) is 118 cm³/mol. The summed E-state index contributed by atoms with van der Waals surface area (Å²) in [5, 5.41) is 2.87. The number of hydrogen-bond donors (Lipinski definition) is 1. The summed E-state index contributed by atoms with van der Waals surface area (Å²) in [5.74, 6) is -0.375. The third-order valence-electron chi connectivity index (χ3n) is 5.34. The molecular weight excluding hydrogens is 508 g/mol. The van der Waals surface area contributed by atoms with Gasteiger partial charge in [-0.05, 0) is 78.7 Å². The van der Waals surface area contributed by atoms with Crippen molar-refractivity contribution < 1.29 is 27.1 Å². The third kappa shape index (κ3) is 7.85. The Balaban J connectivity index is 1.64. The van der Waals surface area contributed by atoms with Gasteiger partial charge >= 0.3 is 12.2 Å². The maximum atomic E-state index is 13.2. The Labute approximate surface area is 198 Å². The first-order valence-corrected chi connectivity index (χ1v) is 11.2. The predicted octanol–water partition coefficient (Wildman–Crippen LogP) is 4.73. The minimum Gasteiger partial charge on any atom is -0.483 e. The standard InChI is InChI=1S/C22H25BrF4N4O2/c1-30-8-6-18(7-9-30)31(13-17-4-3-16(24)12-28-17)21(32)29-11-15-2-5-20(19(23)10-15)33-14-22(25,26)27/h2-5,10,12,18H,6-9,11,13-14H2,1H3,(H,29,32). The molecule has 0 radical (unpaired) electrons. The number of piperidine rings is 1. The molecule has 0 aliphatic carbocycles. The minimum atomic E-state index is -4.43. The summed E-state index contributed by atoms with van der Waals surface area (Å²) in [5.41, 5.74) is 1.28. The number of alkyl halides is 3.